The standard InChI is InChI=1S/C49H74N6O7S/c1-12-33(6)44(54(9)49(60)42(31(2)3)52-47(59)43(32(4)5)53(8)27-24-35-20-22-37(56)23-21-35)40(61-10)30-41(57)55-26-16-19-39(55)45(62-11)34(7)46(58)51-38(48-50-25-28-63-48)29-36-17-14-13-15-18-36/h13-15,17-18,20-23,25,28,31-34,38-40,42-45,56H,12,16,19,24,26-27,29-30H2,1-11H3,(H,51,58)(H,52,59)/t33-,34+,38-,39-,40+,42-,43-,44-,45+/m0/s1. The van der Waals surface area contributed by atoms with Gasteiger partial charge in [0.05, 0.1) is 48.7 Å². The van der Waals surface area contributed by atoms with Crippen molar-refractivity contribution in [1.29, 1.82) is 0 Å². The summed E-state index contributed by atoms with van der Waals surface area (Å²) in [5, 5.41) is 18.8. The van der Waals surface area contributed by atoms with Gasteiger partial charge in [-0.25, -0.2) is 4.98 Å². The Bertz CT molecular complexity index is 1860. The van der Waals surface area contributed by atoms with E-state index in [4.69, 9.17) is 9.47 Å². The second-order valence-electron chi connectivity index (χ2n) is 18.0. The molecule has 0 spiro atoms. The molecule has 4 rings (SSSR count). The van der Waals surface area contributed by atoms with E-state index in [0.29, 0.717) is 32.4 Å². The number of ether oxygens (including phenoxy) is 2. The molecule has 2 aromatic carbocycles. The van der Waals surface area contributed by atoms with Crippen LogP contribution in [0.3, 0.4) is 0 Å². The third-order valence-corrected chi connectivity index (χ3v) is 13.8. The zero-order valence-corrected chi connectivity index (χ0v) is 40.3. The third kappa shape index (κ3) is 13.8. The third-order valence-electron chi connectivity index (χ3n) is 12.9. The van der Waals surface area contributed by atoms with Crippen molar-refractivity contribution in [3.63, 3.8) is 0 Å². The highest BCUT2D eigenvalue weighted by Crippen LogP contribution is 2.31. The van der Waals surface area contributed by atoms with Crippen molar-refractivity contribution in [3.05, 3.63) is 82.3 Å². The Morgan fingerprint density at radius 3 is 2.16 bits per heavy atom. The average molecular weight is 891 g/mol. The first-order chi connectivity index (χ1) is 30.0. The molecule has 1 aromatic heterocycles. The van der Waals surface area contributed by atoms with Crippen molar-refractivity contribution < 1.29 is 33.8 Å². The van der Waals surface area contributed by atoms with Crippen LogP contribution in [0.25, 0.3) is 0 Å². The largest absolute Gasteiger partial charge is 0.508 e. The van der Waals surface area contributed by atoms with Gasteiger partial charge < -0.3 is 35.0 Å². The van der Waals surface area contributed by atoms with E-state index >= 15 is 0 Å². The van der Waals surface area contributed by atoms with Crippen LogP contribution in [0.1, 0.15) is 96.3 Å². The number of carbonyl (C=O) groups excluding carboxylic acids is 4. The number of carbonyl (C=O) groups is 4. The average Bonchev–Trinajstić information content (AvgIpc) is 3.99. The summed E-state index contributed by atoms with van der Waals surface area (Å²) in [5.74, 6) is -1.41. The number of methoxy groups -OCH3 is 2. The number of hydrogen-bond acceptors (Lipinski definition) is 10. The molecule has 2 heterocycles. The molecule has 1 saturated heterocycles. The van der Waals surface area contributed by atoms with Gasteiger partial charge in [0.2, 0.25) is 23.6 Å². The highest BCUT2D eigenvalue weighted by atomic mass is 32.1. The smallest absolute Gasteiger partial charge is 0.245 e. The predicted molar refractivity (Wildman–Crippen MR) is 249 cm³/mol. The first-order valence-electron chi connectivity index (χ1n) is 22.7. The van der Waals surface area contributed by atoms with Gasteiger partial charge in [0.15, 0.2) is 0 Å². The molecule has 0 bridgehead atoms. The van der Waals surface area contributed by atoms with Crippen molar-refractivity contribution in [2.24, 2.45) is 23.7 Å². The number of likely N-dealkylation sites (tertiary alicyclic amines) is 1. The number of rotatable bonds is 24. The van der Waals surface area contributed by atoms with Gasteiger partial charge in [-0.15, -0.1) is 11.3 Å². The van der Waals surface area contributed by atoms with E-state index < -0.39 is 36.3 Å². The summed E-state index contributed by atoms with van der Waals surface area (Å²) in [6.45, 7) is 14.9. The number of aromatic nitrogens is 1. The molecule has 1 fully saturated rings. The number of thiazole rings is 1. The lowest BCUT2D eigenvalue weighted by molar-refractivity contribution is -0.148. The Morgan fingerprint density at radius 2 is 1.59 bits per heavy atom. The Hall–Kier alpha value is -4.37. The van der Waals surface area contributed by atoms with Crippen LogP contribution in [0.5, 0.6) is 5.75 Å². The van der Waals surface area contributed by atoms with Crippen LogP contribution in [0, 0.1) is 23.7 Å². The second kappa shape index (κ2) is 24.6. The number of nitrogens with zero attached hydrogens (tertiary/aromatic N) is 4. The Balaban J connectivity index is 1.47. The van der Waals surface area contributed by atoms with E-state index in [1.807, 2.05) is 99.3 Å². The fourth-order valence-corrected chi connectivity index (χ4v) is 9.85. The first-order valence-corrected chi connectivity index (χ1v) is 23.5. The minimum absolute atomic E-state index is 0.0276. The van der Waals surface area contributed by atoms with Crippen LogP contribution in [0.2, 0.25) is 0 Å². The fourth-order valence-electron chi connectivity index (χ4n) is 9.16. The summed E-state index contributed by atoms with van der Waals surface area (Å²) in [6, 6.07) is 14.7. The summed E-state index contributed by atoms with van der Waals surface area (Å²) < 4.78 is 12.2. The second-order valence-corrected chi connectivity index (χ2v) is 19.0. The number of phenols is 1. The van der Waals surface area contributed by atoms with Gasteiger partial charge in [0, 0.05) is 45.9 Å². The van der Waals surface area contributed by atoms with E-state index in [9.17, 15) is 24.3 Å². The minimum Gasteiger partial charge on any atom is -0.508 e. The number of phenolic OH excluding ortho intramolecular Hbond substituents is 1. The van der Waals surface area contributed by atoms with E-state index in [1.165, 1.54) is 11.3 Å². The molecule has 3 aromatic rings. The van der Waals surface area contributed by atoms with Gasteiger partial charge in [-0.2, -0.15) is 0 Å². The van der Waals surface area contributed by atoms with Gasteiger partial charge in [-0.1, -0.05) is 97.4 Å². The summed E-state index contributed by atoms with van der Waals surface area (Å²) in [5.41, 5.74) is 2.14. The predicted octanol–water partition coefficient (Wildman–Crippen LogP) is 6.51. The van der Waals surface area contributed by atoms with Gasteiger partial charge in [-0.3, -0.25) is 24.1 Å². The molecule has 63 heavy (non-hydrogen) atoms. The lowest BCUT2D eigenvalue weighted by Crippen LogP contribution is -2.60. The van der Waals surface area contributed by atoms with E-state index in [2.05, 4.69) is 29.5 Å². The summed E-state index contributed by atoms with van der Waals surface area (Å²) in [7, 11) is 6.84. The maximum Gasteiger partial charge on any atom is 0.245 e. The molecule has 0 unspecified atom stereocenters. The van der Waals surface area contributed by atoms with Gasteiger partial charge in [0.25, 0.3) is 0 Å². The molecule has 1 aliphatic heterocycles. The van der Waals surface area contributed by atoms with Crippen molar-refractivity contribution in [1.82, 2.24) is 30.3 Å². The maximum absolute atomic E-state index is 14.6. The molecule has 13 nitrogen and oxygen atoms in total. The van der Waals surface area contributed by atoms with E-state index in [1.54, 1.807) is 44.5 Å². The first kappa shape index (κ1) is 51.3. The molecule has 3 N–H and O–H groups in total. The number of aromatic hydroxyl groups is 1. The van der Waals surface area contributed by atoms with Crippen molar-refractivity contribution >= 4 is 35.0 Å². The van der Waals surface area contributed by atoms with Crippen LogP contribution in [-0.4, -0.2) is 126 Å². The topological polar surface area (TPSA) is 154 Å². The highest BCUT2D eigenvalue weighted by Gasteiger charge is 2.43. The number of nitrogens with one attached hydrogen (secondary N) is 2. The number of likely N-dealkylation sites (N-methyl/N-ethyl adjacent to an activating group) is 2. The molecule has 1 aliphatic rings. The van der Waals surface area contributed by atoms with E-state index in [0.717, 1.165) is 29.0 Å². The van der Waals surface area contributed by atoms with Crippen molar-refractivity contribution in [2.75, 3.05) is 41.4 Å². The highest BCUT2D eigenvalue weighted by molar-refractivity contribution is 7.09. The summed E-state index contributed by atoms with van der Waals surface area (Å²) >= 11 is 1.50. The quantitative estimate of drug-likeness (QED) is 0.0915. The molecule has 0 aliphatic carbocycles. The van der Waals surface area contributed by atoms with E-state index in [-0.39, 0.29) is 65.6 Å². The van der Waals surface area contributed by atoms with Crippen LogP contribution >= 0.6 is 11.3 Å². The monoisotopic (exact) mass is 891 g/mol. The summed E-state index contributed by atoms with van der Waals surface area (Å²) in [6.07, 6.45) is 4.04. The van der Waals surface area contributed by atoms with Crippen molar-refractivity contribution in [3.8, 4) is 5.75 Å². The van der Waals surface area contributed by atoms with Crippen LogP contribution in [0.4, 0.5) is 0 Å². The minimum atomic E-state index is -0.810. The molecule has 0 radical (unpaired) electrons. The summed E-state index contributed by atoms with van der Waals surface area (Å²) in [4.78, 5) is 67.1. The molecular weight excluding hydrogens is 817 g/mol. The van der Waals surface area contributed by atoms with Crippen LogP contribution in [-0.2, 0) is 41.5 Å². The van der Waals surface area contributed by atoms with Crippen LogP contribution < -0.4 is 10.6 Å². The normalized spacial score (nSPS) is 18.1. The van der Waals surface area contributed by atoms with Gasteiger partial charge >= 0.3 is 0 Å². The number of benzene rings is 2. The number of amides is 4. The Morgan fingerprint density at radius 1 is 0.905 bits per heavy atom. The molecule has 9 atom stereocenters. The Labute approximate surface area is 380 Å². The lowest BCUT2D eigenvalue weighted by Gasteiger charge is -2.41. The zero-order valence-electron chi connectivity index (χ0n) is 39.5. The van der Waals surface area contributed by atoms with Crippen LogP contribution in [0.15, 0.2) is 66.2 Å². The molecule has 348 valence electrons. The zero-order chi connectivity index (χ0) is 46.4. The van der Waals surface area contributed by atoms with Gasteiger partial charge in [-0.05, 0) is 73.7 Å². The molecule has 0 saturated carbocycles. The Kier molecular flexibility index (Phi) is 20.0. The maximum atomic E-state index is 14.6. The lowest BCUT2D eigenvalue weighted by atomic mass is 9.89. The molecule has 4 amide bonds. The SMILES string of the molecule is CC[C@H](C)[C@@H]([C@@H](CC(=O)N1CCC[C@H]1[C@H](OC)[C@@H](C)C(=O)N[C@@H](Cc1ccccc1)c1nccs1)OC)N(C)C(=O)[C@@H](NC(=O)[C@H](C(C)C)N(C)CCc1ccc(O)cc1)C(C)C. The van der Waals surface area contributed by atoms with Crippen molar-refractivity contribution in [2.45, 2.75) is 129 Å². The van der Waals surface area contributed by atoms with Gasteiger partial charge in [0.1, 0.15) is 16.8 Å². The fraction of sp³-hybridized carbons (Fsp3) is 0.612. The number of hydrogen-bond donors (Lipinski definition) is 3. The molecule has 14 heteroatoms. The molecular formula is C49H74N6O7S.